The number of carbonyl (C=O) groups is 2. The molecular formula is C21H20N4O4. The predicted molar refractivity (Wildman–Crippen MR) is 110 cm³/mol. The third-order valence-electron chi connectivity index (χ3n) is 4.15. The van der Waals surface area contributed by atoms with Crippen LogP contribution in [0.25, 0.3) is 6.08 Å². The van der Waals surface area contributed by atoms with Crippen LogP contribution in [-0.4, -0.2) is 35.0 Å². The fraction of sp³-hybridized carbons (Fsp3) is 0.143. The van der Waals surface area contributed by atoms with E-state index < -0.39 is 5.91 Å². The summed E-state index contributed by atoms with van der Waals surface area (Å²) in [5, 5.41) is 17.2. The number of hydrogen-bond acceptors (Lipinski definition) is 6. The van der Waals surface area contributed by atoms with Gasteiger partial charge in [0.15, 0.2) is 6.61 Å². The molecular weight excluding hydrogens is 372 g/mol. The zero-order valence-corrected chi connectivity index (χ0v) is 16.0. The highest BCUT2D eigenvalue weighted by Gasteiger charge is 2.18. The van der Waals surface area contributed by atoms with Gasteiger partial charge in [-0.1, -0.05) is 12.1 Å². The maximum atomic E-state index is 11.9. The molecule has 29 heavy (non-hydrogen) atoms. The van der Waals surface area contributed by atoms with Gasteiger partial charge in [-0.05, 0) is 67.4 Å². The Hall–Kier alpha value is -3.94. The number of ether oxygens (including phenoxy) is 1. The fourth-order valence-electron chi connectivity index (χ4n) is 2.51. The summed E-state index contributed by atoms with van der Waals surface area (Å²) in [6.07, 6.45) is 1.73. The first kappa shape index (κ1) is 19.8. The summed E-state index contributed by atoms with van der Waals surface area (Å²) in [7, 11) is 0. The van der Waals surface area contributed by atoms with Gasteiger partial charge in [-0.3, -0.25) is 9.59 Å². The zero-order chi connectivity index (χ0) is 20.8. The summed E-state index contributed by atoms with van der Waals surface area (Å²) in [4.78, 5) is 23.6. The van der Waals surface area contributed by atoms with E-state index in [1.165, 1.54) is 0 Å². The molecule has 2 amide bonds. The number of nitrogens with one attached hydrogen (secondary N) is 2. The molecule has 0 bridgehead atoms. The Balaban J connectivity index is 1.52. The van der Waals surface area contributed by atoms with Crippen LogP contribution in [0.3, 0.4) is 0 Å². The van der Waals surface area contributed by atoms with Crippen LogP contribution in [0, 0.1) is 0 Å². The van der Waals surface area contributed by atoms with Gasteiger partial charge in [0.05, 0.1) is 17.0 Å². The van der Waals surface area contributed by atoms with E-state index in [0.29, 0.717) is 22.7 Å². The lowest BCUT2D eigenvalue weighted by atomic mass is 10.1. The highest BCUT2D eigenvalue weighted by Crippen LogP contribution is 2.16. The summed E-state index contributed by atoms with van der Waals surface area (Å²) in [5.41, 5.74) is 8.19. The summed E-state index contributed by atoms with van der Waals surface area (Å²) in [5.74, 6) is 0.0465. The van der Waals surface area contributed by atoms with Gasteiger partial charge in [0.2, 0.25) is 0 Å². The van der Waals surface area contributed by atoms with Crippen LogP contribution in [0.1, 0.15) is 25.0 Å². The van der Waals surface area contributed by atoms with Crippen molar-refractivity contribution in [2.24, 2.45) is 10.2 Å². The van der Waals surface area contributed by atoms with E-state index in [2.05, 4.69) is 21.1 Å². The third-order valence-corrected chi connectivity index (χ3v) is 4.15. The highest BCUT2D eigenvalue weighted by atomic mass is 16.5. The smallest absolute Gasteiger partial charge is 0.277 e. The first-order valence-corrected chi connectivity index (χ1v) is 8.84. The van der Waals surface area contributed by atoms with Crippen LogP contribution in [0.15, 0.2) is 64.3 Å². The van der Waals surface area contributed by atoms with Crippen molar-refractivity contribution in [1.82, 2.24) is 10.9 Å². The normalized spacial score (nSPS) is 15.1. The van der Waals surface area contributed by atoms with E-state index in [1.807, 2.05) is 0 Å². The lowest BCUT2D eigenvalue weighted by molar-refractivity contribution is -0.123. The molecule has 0 saturated heterocycles. The molecule has 3 rings (SSSR count). The average Bonchev–Trinajstić information content (AvgIpc) is 3.04. The Bertz CT molecular complexity index is 1010. The number of nitrogens with zero attached hydrogens (tertiary/aromatic N) is 2. The molecule has 1 heterocycles. The number of amides is 2. The van der Waals surface area contributed by atoms with E-state index in [0.717, 1.165) is 11.1 Å². The standard InChI is InChI=1S/C21H20N4O4/c1-13(16-5-7-17(26)8-6-16)22-24-20(27)12-29-18-9-3-15(4-10-18)11-19-14(2)23-25-21(19)28/h3-11,26H,12H2,1-2H3,(H,24,27)(H,25,28)/b19-11+,22-13-. The van der Waals surface area contributed by atoms with Crippen molar-refractivity contribution in [3.8, 4) is 11.5 Å². The molecule has 148 valence electrons. The molecule has 8 nitrogen and oxygen atoms in total. The van der Waals surface area contributed by atoms with Gasteiger partial charge in [0.1, 0.15) is 11.5 Å². The van der Waals surface area contributed by atoms with Gasteiger partial charge < -0.3 is 9.84 Å². The monoisotopic (exact) mass is 392 g/mol. The average molecular weight is 392 g/mol. The van der Waals surface area contributed by atoms with Crippen molar-refractivity contribution in [3.05, 3.63) is 65.2 Å². The molecule has 1 aliphatic rings. The SMILES string of the molecule is CC1=NNC(=O)/C1=C/c1ccc(OCC(=O)N/N=C(/C)c2ccc(O)cc2)cc1. The molecule has 2 aromatic rings. The van der Waals surface area contributed by atoms with Crippen LogP contribution in [0.5, 0.6) is 11.5 Å². The van der Waals surface area contributed by atoms with Crippen molar-refractivity contribution >= 4 is 29.3 Å². The minimum atomic E-state index is -0.399. The van der Waals surface area contributed by atoms with Crippen molar-refractivity contribution in [2.75, 3.05) is 6.61 Å². The number of rotatable bonds is 6. The molecule has 0 atom stereocenters. The van der Waals surface area contributed by atoms with Crippen LogP contribution in [0.2, 0.25) is 0 Å². The van der Waals surface area contributed by atoms with Crippen LogP contribution < -0.4 is 15.6 Å². The van der Waals surface area contributed by atoms with Crippen LogP contribution >= 0.6 is 0 Å². The molecule has 0 unspecified atom stereocenters. The Morgan fingerprint density at radius 1 is 1.21 bits per heavy atom. The second-order valence-corrected chi connectivity index (χ2v) is 6.33. The molecule has 1 aliphatic heterocycles. The van der Waals surface area contributed by atoms with Crippen LogP contribution in [0.4, 0.5) is 0 Å². The van der Waals surface area contributed by atoms with E-state index in [4.69, 9.17) is 4.74 Å². The minimum Gasteiger partial charge on any atom is -0.508 e. The molecule has 0 saturated carbocycles. The Labute approximate surface area is 167 Å². The maximum Gasteiger partial charge on any atom is 0.277 e. The summed E-state index contributed by atoms with van der Waals surface area (Å²) in [6, 6.07) is 13.5. The van der Waals surface area contributed by atoms with E-state index in [1.54, 1.807) is 68.5 Å². The number of carbonyl (C=O) groups excluding carboxylic acids is 2. The molecule has 0 aliphatic carbocycles. The first-order chi connectivity index (χ1) is 13.9. The molecule has 0 fully saturated rings. The number of hydrogen-bond donors (Lipinski definition) is 3. The quantitative estimate of drug-likeness (QED) is 0.397. The fourth-order valence-corrected chi connectivity index (χ4v) is 2.51. The Morgan fingerprint density at radius 3 is 2.52 bits per heavy atom. The van der Waals surface area contributed by atoms with Crippen molar-refractivity contribution in [3.63, 3.8) is 0 Å². The largest absolute Gasteiger partial charge is 0.508 e. The topological polar surface area (TPSA) is 112 Å². The van der Waals surface area contributed by atoms with E-state index >= 15 is 0 Å². The molecule has 0 aromatic heterocycles. The molecule has 3 N–H and O–H groups in total. The van der Waals surface area contributed by atoms with Gasteiger partial charge in [0.25, 0.3) is 11.8 Å². The van der Waals surface area contributed by atoms with Gasteiger partial charge >= 0.3 is 0 Å². The van der Waals surface area contributed by atoms with E-state index in [-0.39, 0.29) is 18.3 Å². The first-order valence-electron chi connectivity index (χ1n) is 8.84. The zero-order valence-electron chi connectivity index (χ0n) is 16.0. The second-order valence-electron chi connectivity index (χ2n) is 6.33. The van der Waals surface area contributed by atoms with Gasteiger partial charge in [-0.25, -0.2) is 10.9 Å². The second kappa shape index (κ2) is 8.83. The number of benzene rings is 2. The number of hydrazone groups is 2. The lowest BCUT2D eigenvalue weighted by Gasteiger charge is -2.06. The van der Waals surface area contributed by atoms with Gasteiger partial charge in [-0.15, -0.1) is 0 Å². The molecule has 2 aromatic carbocycles. The lowest BCUT2D eigenvalue weighted by Crippen LogP contribution is -2.25. The molecule has 8 heteroatoms. The number of aromatic hydroxyl groups is 1. The molecule has 0 spiro atoms. The molecule has 0 radical (unpaired) electrons. The highest BCUT2D eigenvalue weighted by molar-refractivity contribution is 6.26. The van der Waals surface area contributed by atoms with E-state index in [9.17, 15) is 14.7 Å². The summed E-state index contributed by atoms with van der Waals surface area (Å²) >= 11 is 0. The van der Waals surface area contributed by atoms with Gasteiger partial charge in [0, 0.05) is 0 Å². The number of phenols is 1. The van der Waals surface area contributed by atoms with Crippen molar-refractivity contribution in [2.45, 2.75) is 13.8 Å². The Kier molecular flexibility index (Phi) is 6.03. The summed E-state index contributed by atoms with van der Waals surface area (Å²) < 4.78 is 5.45. The van der Waals surface area contributed by atoms with Gasteiger partial charge in [-0.2, -0.15) is 10.2 Å². The maximum absolute atomic E-state index is 11.9. The summed E-state index contributed by atoms with van der Waals surface area (Å²) in [6.45, 7) is 3.31. The third kappa shape index (κ3) is 5.29. The van der Waals surface area contributed by atoms with Crippen molar-refractivity contribution < 1.29 is 19.4 Å². The van der Waals surface area contributed by atoms with Crippen LogP contribution in [-0.2, 0) is 9.59 Å². The number of phenolic OH excluding ortho intramolecular Hbond substituents is 1. The van der Waals surface area contributed by atoms with Crippen molar-refractivity contribution in [1.29, 1.82) is 0 Å². The minimum absolute atomic E-state index is 0.163. The predicted octanol–water partition coefficient (Wildman–Crippen LogP) is 2.20. The Morgan fingerprint density at radius 2 is 1.90 bits per heavy atom.